The molecule has 4 aromatic carbocycles. The topological polar surface area (TPSA) is 39.1 Å². The molecule has 0 radical (unpaired) electrons. The maximum Gasteiger partial charge on any atom is 0.268 e. The lowest BCUT2D eigenvalue weighted by Gasteiger charge is -2.14. The van der Waals surface area contributed by atoms with Crippen molar-refractivity contribution in [2.24, 2.45) is 0 Å². The molecule has 0 amide bonds. The number of aromatic nitrogens is 1. The van der Waals surface area contributed by atoms with Gasteiger partial charge in [0.2, 0.25) is 0 Å². The molecule has 0 unspecified atom stereocenters. The van der Waals surface area contributed by atoms with Crippen LogP contribution in [0.4, 0.5) is 0 Å². The minimum atomic E-state index is -3.85. The second kappa shape index (κ2) is 8.82. The monoisotopic (exact) mass is 483 g/mol. The van der Waals surface area contributed by atoms with Crippen molar-refractivity contribution < 1.29 is 8.42 Å². The molecule has 5 rings (SSSR count). The van der Waals surface area contributed by atoms with E-state index in [0.717, 1.165) is 31.9 Å². The van der Waals surface area contributed by atoms with Crippen molar-refractivity contribution in [2.45, 2.75) is 35.5 Å². The van der Waals surface area contributed by atoms with E-state index in [0.29, 0.717) is 11.2 Å². The summed E-state index contributed by atoms with van der Waals surface area (Å²) in [6, 6.07) is 31.1. The second-order valence-electron chi connectivity index (χ2n) is 8.56. The van der Waals surface area contributed by atoms with E-state index in [9.17, 15) is 8.42 Å². The molecule has 1 aromatic heterocycles. The van der Waals surface area contributed by atoms with Crippen LogP contribution < -0.4 is 0 Å². The molecule has 1 heterocycles. The second-order valence-corrected chi connectivity index (χ2v) is 11.4. The summed E-state index contributed by atoms with van der Waals surface area (Å²) in [6.07, 6.45) is 0. The molecule has 5 heteroatoms. The molecule has 0 aliphatic rings. The molecule has 5 aromatic rings. The molecule has 0 bridgehead atoms. The van der Waals surface area contributed by atoms with Gasteiger partial charge in [0.1, 0.15) is 0 Å². The molecule has 0 aliphatic carbocycles. The largest absolute Gasteiger partial charge is 0.268 e. The van der Waals surface area contributed by atoms with E-state index in [2.05, 4.69) is 37.3 Å². The summed E-state index contributed by atoms with van der Waals surface area (Å²) in [6.45, 7) is 6.05. The number of hydrogen-bond acceptors (Lipinski definition) is 3. The summed E-state index contributed by atoms with van der Waals surface area (Å²) in [5.74, 6) is 0. The summed E-state index contributed by atoms with van der Waals surface area (Å²) in [7, 11) is -3.85. The number of hydrogen-bond donors (Lipinski definition) is 0. The Balaban J connectivity index is 1.86. The van der Waals surface area contributed by atoms with E-state index < -0.39 is 10.0 Å². The molecule has 0 N–H and O–H groups in total. The standard InChI is InChI=1S/C29H25NO2S2/c1-20-9-14-24(15-10-20)33-29-26-19-22(3)13-18-27(26)30(28(29)23-7-5-4-6-8-23)34(31,32)25-16-11-21(2)12-17-25/h4-19H,1-3H3. The molecule has 0 saturated heterocycles. The minimum absolute atomic E-state index is 0.277. The lowest BCUT2D eigenvalue weighted by Crippen LogP contribution is -2.14. The van der Waals surface area contributed by atoms with Crippen LogP contribution in [0.25, 0.3) is 22.2 Å². The lowest BCUT2D eigenvalue weighted by molar-refractivity contribution is 0.589. The van der Waals surface area contributed by atoms with Crippen LogP contribution in [0.1, 0.15) is 16.7 Å². The Morgan fingerprint density at radius 3 is 1.91 bits per heavy atom. The van der Waals surface area contributed by atoms with Gasteiger partial charge in [-0.05, 0) is 57.2 Å². The third-order valence-electron chi connectivity index (χ3n) is 5.88. The molecule has 0 atom stereocenters. The fraction of sp³-hybridized carbons (Fsp3) is 0.103. The van der Waals surface area contributed by atoms with Crippen molar-refractivity contribution >= 4 is 32.7 Å². The number of nitrogens with zero attached hydrogens (tertiary/aromatic N) is 1. The van der Waals surface area contributed by atoms with E-state index in [1.54, 1.807) is 23.9 Å². The highest BCUT2D eigenvalue weighted by Crippen LogP contribution is 2.45. The summed E-state index contributed by atoms with van der Waals surface area (Å²) < 4.78 is 29.7. The first-order valence-corrected chi connectivity index (χ1v) is 13.4. The van der Waals surface area contributed by atoms with Crippen LogP contribution in [0.15, 0.2) is 112 Å². The van der Waals surface area contributed by atoms with Crippen LogP contribution in [-0.2, 0) is 10.0 Å². The Morgan fingerprint density at radius 1 is 0.676 bits per heavy atom. The number of benzene rings is 4. The molecule has 34 heavy (non-hydrogen) atoms. The van der Waals surface area contributed by atoms with Crippen molar-refractivity contribution in [3.63, 3.8) is 0 Å². The van der Waals surface area contributed by atoms with Gasteiger partial charge in [0.25, 0.3) is 10.0 Å². The molecule has 170 valence electrons. The van der Waals surface area contributed by atoms with Gasteiger partial charge in [-0.1, -0.05) is 89.1 Å². The van der Waals surface area contributed by atoms with E-state index >= 15 is 0 Å². The third kappa shape index (κ3) is 4.06. The van der Waals surface area contributed by atoms with Gasteiger partial charge in [-0.2, -0.15) is 0 Å². The van der Waals surface area contributed by atoms with Crippen LogP contribution in [0, 0.1) is 20.8 Å². The van der Waals surface area contributed by atoms with Gasteiger partial charge >= 0.3 is 0 Å². The van der Waals surface area contributed by atoms with Gasteiger partial charge in [0.05, 0.1) is 16.1 Å². The Morgan fingerprint density at radius 2 is 1.26 bits per heavy atom. The SMILES string of the molecule is Cc1ccc(Sc2c(-c3ccccc3)n(S(=O)(=O)c3ccc(C)cc3)c3ccc(C)cc23)cc1. The highest BCUT2D eigenvalue weighted by molar-refractivity contribution is 7.99. The molecule has 3 nitrogen and oxygen atoms in total. The molecular formula is C29H25NO2S2. The number of rotatable bonds is 5. The third-order valence-corrected chi connectivity index (χ3v) is 8.73. The maximum atomic E-state index is 14.1. The van der Waals surface area contributed by atoms with Crippen molar-refractivity contribution in [2.75, 3.05) is 0 Å². The van der Waals surface area contributed by atoms with Gasteiger partial charge in [0, 0.05) is 20.7 Å². The van der Waals surface area contributed by atoms with Crippen molar-refractivity contribution in [3.8, 4) is 11.3 Å². The first-order valence-electron chi connectivity index (χ1n) is 11.1. The number of fused-ring (bicyclic) bond motifs is 1. The molecular weight excluding hydrogens is 458 g/mol. The highest BCUT2D eigenvalue weighted by Gasteiger charge is 2.28. The first-order chi connectivity index (χ1) is 16.3. The molecule has 0 fully saturated rings. The predicted molar refractivity (Wildman–Crippen MR) is 141 cm³/mol. The predicted octanol–water partition coefficient (Wildman–Crippen LogP) is 7.62. The van der Waals surface area contributed by atoms with Crippen LogP contribution in [0.5, 0.6) is 0 Å². The van der Waals surface area contributed by atoms with Crippen LogP contribution >= 0.6 is 11.8 Å². The first kappa shape index (κ1) is 22.5. The van der Waals surface area contributed by atoms with Crippen molar-refractivity contribution in [1.29, 1.82) is 0 Å². The van der Waals surface area contributed by atoms with Gasteiger partial charge in [-0.25, -0.2) is 12.4 Å². The average Bonchev–Trinajstić information content (AvgIpc) is 3.15. The zero-order valence-electron chi connectivity index (χ0n) is 19.3. The highest BCUT2D eigenvalue weighted by atomic mass is 32.2. The summed E-state index contributed by atoms with van der Waals surface area (Å²) in [4.78, 5) is 2.28. The average molecular weight is 484 g/mol. The fourth-order valence-electron chi connectivity index (χ4n) is 4.09. The van der Waals surface area contributed by atoms with Crippen LogP contribution in [0.2, 0.25) is 0 Å². The Labute approximate surface area is 205 Å². The molecule has 0 aliphatic heterocycles. The summed E-state index contributed by atoms with van der Waals surface area (Å²) >= 11 is 1.61. The zero-order chi connectivity index (χ0) is 23.9. The normalized spacial score (nSPS) is 11.7. The van der Waals surface area contributed by atoms with Crippen LogP contribution in [0.3, 0.4) is 0 Å². The van der Waals surface area contributed by atoms with E-state index in [-0.39, 0.29) is 4.90 Å². The van der Waals surface area contributed by atoms with Gasteiger partial charge in [-0.3, -0.25) is 0 Å². The van der Waals surface area contributed by atoms with Gasteiger partial charge in [0.15, 0.2) is 0 Å². The Kier molecular flexibility index (Phi) is 5.84. The number of aryl methyl sites for hydroxylation is 3. The summed E-state index contributed by atoms with van der Waals surface area (Å²) in [5.41, 5.74) is 5.52. The quantitative estimate of drug-likeness (QED) is 0.258. The lowest BCUT2D eigenvalue weighted by atomic mass is 10.1. The smallest absolute Gasteiger partial charge is 0.232 e. The maximum absolute atomic E-state index is 14.1. The Bertz CT molecular complexity index is 1580. The molecule has 0 saturated carbocycles. The van der Waals surface area contributed by atoms with Crippen LogP contribution in [-0.4, -0.2) is 12.4 Å². The van der Waals surface area contributed by atoms with Crippen molar-refractivity contribution in [1.82, 2.24) is 3.97 Å². The minimum Gasteiger partial charge on any atom is -0.232 e. The van der Waals surface area contributed by atoms with Gasteiger partial charge < -0.3 is 0 Å². The molecule has 0 spiro atoms. The zero-order valence-corrected chi connectivity index (χ0v) is 21.0. The van der Waals surface area contributed by atoms with Crippen molar-refractivity contribution in [3.05, 3.63) is 114 Å². The van der Waals surface area contributed by atoms with E-state index in [1.807, 2.05) is 68.4 Å². The fourth-order valence-corrected chi connectivity index (χ4v) is 6.78. The summed E-state index contributed by atoms with van der Waals surface area (Å²) in [5, 5.41) is 0.931. The van der Waals surface area contributed by atoms with Gasteiger partial charge in [-0.15, -0.1) is 0 Å². The van der Waals surface area contributed by atoms with E-state index in [1.165, 1.54) is 9.54 Å². The Hall–Kier alpha value is -3.28. The van der Waals surface area contributed by atoms with E-state index in [4.69, 9.17) is 0 Å².